The summed E-state index contributed by atoms with van der Waals surface area (Å²) in [6.07, 6.45) is 2.37. The average Bonchev–Trinajstić information content (AvgIpc) is 3.21. The monoisotopic (exact) mass is 433 g/mol. The van der Waals surface area contributed by atoms with Crippen LogP contribution >= 0.6 is 11.6 Å². The second-order valence-electron chi connectivity index (χ2n) is 7.68. The first-order chi connectivity index (χ1) is 14.4. The molecular weight excluding hydrogens is 406 g/mol. The van der Waals surface area contributed by atoms with Gasteiger partial charge in [0.15, 0.2) is 0 Å². The Hall–Kier alpha value is -2.45. The Kier molecular flexibility index (Phi) is 6.77. The van der Waals surface area contributed by atoms with E-state index in [2.05, 4.69) is 15.6 Å². The molecular formula is C21H28ClN5O3. The van der Waals surface area contributed by atoms with Gasteiger partial charge in [-0.2, -0.15) is 0 Å². The van der Waals surface area contributed by atoms with Crippen LogP contribution in [-0.2, 0) is 14.4 Å². The Balaban J connectivity index is 1.75. The number of nitrogens with zero attached hydrogens (tertiary/aromatic N) is 2. The van der Waals surface area contributed by atoms with Gasteiger partial charge in [-0.3, -0.25) is 24.7 Å². The van der Waals surface area contributed by atoms with Crippen molar-refractivity contribution in [3.63, 3.8) is 0 Å². The molecule has 0 spiro atoms. The highest BCUT2D eigenvalue weighted by Gasteiger charge is 2.54. The summed E-state index contributed by atoms with van der Waals surface area (Å²) >= 11 is 6.30. The summed E-state index contributed by atoms with van der Waals surface area (Å²) in [6, 6.07) is 7.30. The molecule has 1 unspecified atom stereocenters. The van der Waals surface area contributed by atoms with Crippen LogP contribution < -0.4 is 21.3 Å². The van der Waals surface area contributed by atoms with E-state index in [-0.39, 0.29) is 30.1 Å². The molecule has 4 N–H and O–H groups in total. The van der Waals surface area contributed by atoms with Gasteiger partial charge in [0.05, 0.1) is 17.4 Å². The normalized spacial score (nSPS) is 26.0. The number of halogens is 1. The molecule has 0 saturated heterocycles. The lowest BCUT2D eigenvalue weighted by atomic mass is 9.69. The van der Waals surface area contributed by atoms with Crippen LogP contribution in [0.4, 0.5) is 5.69 Å². The Morgan fingerprint density at radius 3 is 2.50 bits per heavy atom. The smallest absolute Gasteiger partial charge is 0.267 e. The predicted molar refractivity (Wildman–Crippen MR) is 116 cm³/mol. The van der Waals surface area contributed by atoms with Crippen molar-refractivity contribution in [1.82, 2.24) is 10.6 Å². The van der Waals surface area contributed by atoms with E-state index in [0.717, 1.165) is 0 Å². The molecule has 1 fully saturated rings. The number of carbonyl (C=O) groups excluding carboxylic acids is 3. The fourth-order valence-corrected chi connectivity index (χ4v) is 4.91. The van der Waals surface area contributed by atoms with Crippen molar-refractivity contribution in [3.05, 3.63) is 29.3 Å². The molecule has 1 saturated carbocycles. The fourth-order valence-electron chi connectivity index (χ4n) is 4.67. The van der Waals surface area contributed by atoms with Gasteiger partial charge in [0, 0.05) is 19.5 Å². The number of rotatable bonds is 6. The third-order valence-corrected chi connectivity index (χ3v) is 6.53. The molecule has 1 aromatic carbocycles. The maximum absolute atomic E-state index is 13.2. The van der Waals surface area contributed by atoms with Crippen molar-refractivity contribution in [1.29, 1.82) is 0 Å². The van der Waals surface area contributed by atoms with Crippen molar-refractivity contribution in [2.75, 3.05) is 25.2 Å². The zero-order chi connectivity index (χ0) is 21.9. The van der Waals surface area contributed by atoms with Crippen LogP contribution in [0.5, 0.6) is 0 Å². The van der Waals surface area contributed by atoms with E-state index < -0.39 is 17.4 Å². The number of anilines is 1. The van der Waals surface area contributed by atoms with Crippen molar-refractivity contribution in [2.45, 2.75) is 38.1 Å². The van der Waals surface area contributed by atoms with Crippen molar-refractivity contribution in [3.8, 4) is 0 Å². The molecule has 1 heterocycles. The van der Waals surface area contributed by atoms with Crippen LogP contribution in [0.1, 0.15) is 32.6 Å². The highest BCUT2D eigenvalue weighted by molar-refractivity contribution is 6.47. The van der Waals surface area contributed by atoms with E-state index in [1.54, 1.807) is 11.0 Å². The standard InChI is InChI=1S/C21H28ClN5O3/c1-3-27(16-7-5-4-6-15(16)22)19(29)13-8-10-14(11-9-13)21(20(23)30)17(18(28)24-2)25-12-26-21/h4-7,13-14,26H,3,8-12H2,1-2H3,(H2,23,30)(H,24,28). The van der Waals surface area contributed by atoms with Crippen LogP contribution in [0.15, 0.2) is 29.3 Å². The maximum atomic E-state index is 13.2. The lowest BCUT2D eigenvalue weighted by Crippen LogP contribution is -2.65. The number of hydrogen-bond acceptors (Lipinski definition) is 5. The first-order valence-corrected chi connectivity index (χ1v) is 10.6. The molecule has 30 heavy (non-hydrogen) atoms. The molecule has 1 aromatic rings. The molecule has 1 aliphatic heterocycles. The molecule has 8 nitrogen and oxygen atoms in total. The first kappa shape index (κ1) is 22.2. The number of hydrogen-bond donors (Lipinski definition) is 3. The highest BCUT2D eigenvalue weighted by Crippen LogP contribution is 2.39. The predicted octanol–water partition coefficient (Wildman–Crippen LogP) is 1.47. The number of primary amides is 1. The maximum Gasteiger partial charge on any atom is 0.267 e. The summed E-state index contributed by atoms with van der Waals surface area (Å²) in [5.74, 6) is -1.37. The van der Waals surface area contributed by atoms with Crippen LogP contribution in [0.25, 0.3) is 0 Å². The number of aliphatic imine (C=N–C) groups is 1. The Labute approximate surface area is 181 Å². The van der Waals surface area contributed by atoms with Gasteiger partial charge >= 0.3 is 0 Å². The number of para-hydroxylation sites is 1. The molecule has 2 aliphatic rings. The first-order valence-electron chi connectivity index (χ1n) is 10.2. The summed E-state index contributed by atoms with van der Waals surface area (Å²) in [4.78, 5) is 43.9. The summed E-state index contributed by atoms with van der Waals surface area (Å²) in [6.45, 7) is 2.60. The zero-order valence-electron chi connectivity index (χ0n) is 17.3. The molecule has 162 valence electrons. The van der Waals surface area contributed by atoms with E-state index in [0.29, 0.717) is 42.9 Å². The van der Waals surface area contributed by atoms with Crippen LogP contribution in [0.2, 0.25) is 5.02 Å². The second-order valence-corrected chi connectivity index (χ2v) is 8.08. The molecule has 3 amide bonds. The summed E-state index contributed by atoms with van der Waals surface area (Å²) in [5.41, 5.74) is 5.30. The minimum atomic E-state index is -1.29. The summed E-state index contributed by atoms with van der Waals surface area (Å²) in [7, 11) is 1.50. The SMILES string of the molecule is CCN(C(=O)C1CCC(C2(C(N)=O)NCN=C2C(=O)NC)CC1)c1ccccc1Cl. The molecule has 1 atom stereocenters. The number of nitrogens with one attached hydrogen (secondary N) is 2. The fraction of sp³-hybridized carbons (Fsp3) is 0.524. The molecule has 1 aliphatic carbocycles. The number of benzene rings is 1. The third kappa shape index (κ3) is 3.81. The van der Waals surface area contributed by atoms with Crippen molar-refractivity contribution in [2.24, 2.45) is 22.6 Å². The van der Waals surface area contributed by atoms with Gasteiger partial charge in [-0.05, 0) is 50.7 Å². The van der Waals surface area contributed by atoms with Crippen molar-refractivity contribution >= 4 is 40.7 Å². The Morgan fingerprint density at radius 1 is 1.27 bits per heavy atom. The van der Waals surface area contributed by atoms with E-state index in [1.807, 2.05) is 25.1 Å². The largest absolute Gasteiger partial charge is 0.368 e. The van der Waals surface area contributed by atoms with Gasteiger partial charge in [-0.15, -0.1) is 0 Å². The van der Waals surface area contributed by atoms with Gasteiger partial charge in [-0.1, -0.05) is 23.7 Å². The van der Waals surface area contributed by atoms with E-state index in [1.165, 1.54) is 7.05 Å². The summed E-state index contributed by atoms with van der Waals surface area (Å²) in [5, 5.41) is 6.14. The number of carbonyl (C=O) groups is 3. The Bertz CT molecular complexity index is 866. The quantitative estimate of drug-likeness (QED) is 0.629. The lowest BCUT2D eigenvalue weighted by molar-refractivity contribution is -0.126. The van der Waals surface area contributed by atoms with E-state index in [4.69, 9.17) is 17.3 Å². The van der Waals surface area contributed by atoms with Crippen LogP contribution in [0, 0.1) is 11.8 Å². The van der Waals surface area contributed by atoms with E-state index >= 15 is 0 Å². The Morgan fingerprint density at radius 2 is 1.93 bits per heavy atom. The van der Waals surface area contributed by atoms with Gasteiger partial charge in [0.2, 0.25) is 11.8 Å². The lowest BCUT2D eigenvalue weighted by Gasteiger charge is -2.40. The summed E-state index contributed by atoms with van der Waals surface area (Å²) < 4.78 is 0. The minimum Gasteiger partial charge on any atom is -0.368 e. The van der Waals surface area contributed by atoms with Crippen molar-refractivity contribution < 1.29 is 14.4 Å². The van der Waals surface area contributed by atoms with E-state index in [9.17, 15) is 14.4 Å². The van der Waals surface area contributed by atoms with Gasteiger partial charge in [0.25, 0.3) is 5.91 Å². The third-order valence-electron chi connectivity index (χ3n) is 6.21. The van der Waals surface area contributed by atoms with Gasteiger partial charge in [-0.25, -0.2) is 0 Å². The topological polar surface area (TPSA) is 117 Å². The van der Waals surface area contributed by atoms with Crippen LogP contribution in [-0.4, -0.2) is 49.2 Å². The average molecular weight is 434 g/mol. The molecule has 0 bridgehead atoms. The molecule has 3 rings (SSSR count). The molecule has 0 radical (unpaired) electrons. The zero-order valence-corrected chi connectivity index (χ0v) is 18.0. The number of amides is 3. The van der Waals surface area contributed by atoms with Crippen LogP contribution in [0.3, 0.4) is 0 Å². The molecule has 0 aromatic heterocycles. The second kappa shape index (κ2) is 9.14. The number of nitrogens with two attached hydrogens (primary N) is 1. The minimum absolute atomic E-state index is 0.0248. The van der Waals surface area contributed by atoms with Gasteiger partial charge in [0.1, 0.15) is 11.3 Å². The van der Waals surface area contributed by atoms with Gasteiger partial charge < -0.3 is 16.0 Å². The highest BCUT2D eigenvalue weighted by atomic mass is 35.5. The molecule has 9 heteroatoms.